The fourth-order valence-electron chi connectivity index (χ4n) is 2.19. The van der Waals surface area contributed by atoms with Gasteiger partial charge in [0.25, 0.3) is 11.6 Å². The molecular formula is C12H18ClN3O3S. The van der Waals surface area contributed by atoms with Crippen LogP contribution in [0.25, 0.3) is 0 Å². The number of carbonyl (C=O) groups excluding carboxylic acids is 1. The first-order valence-corrected chi connectivity index (χ1v) is 7.07. The zero-order chi connectivity index (χ0) is 14.0. The Hall–Kier alpha value is -1.18. The van der Waals surface area contributed by atoms with E-state index in [2.05, 4.69) is 17.6 Å². The summed E-state index contributed by atoms with van der Waals surface area (Å²) in [7, 11) is 0. The summed E-state index contributed by atoms with van der Waals surface area (Å²) in [6.07, 6.45) is 1.02. The lowest BCUT2D eigenvalue weighted by Gasteiger charge is -2.30. The molecule has 1 aromatic rings. The van der Waals surface area contributed by atoms with Gasteiger partial charge in [-0.1, -0.05) is 6.92 Å². The molecule has 2 heterocycles. The molecule has 1 amide bonds. The van der Waals surface area contributed by atoms with Gasteiger partial charge >= 0.3 is 0 Å². The second kappa shape index (κ2) is 7.01. The van der Waals surface area contributed by atoms with Gasteiger partial charge in [-0.25, -0.2) is 0 Å². The molecule has 0 saturated carbocycles. The van der Waals surface area contributed by atoms with E-state index >= 15 is 0 Å². The van der Waals surface area contributed by atoms with Crippen molar-refractivity contribution in [2.45, 2.75) is 26.3 Å². The maximum Gasteiger partial charge on any atom is 0.283 e. The summed E-state index contributed by atoms with van der Waals surface area (Å²) in [4.78, 5) is 23.4. The molecule has 0 aliphatic carbocycles. The van der Waals surface area contributed by atoms with E-state index in [4.69, 9.17) is 0 Å². The van der Waals surface area contributed by atoms with E-state index in [9.17, 15) is 14.9 Å². The molecule has 2 atom stereocenters. The molecule has 0 spiro atoms. The average molecular weight is 320 g/mol. The van der Waals surface area contributed by atoms with Crippen molar-refractivity contribution in [1.29, 1.82) is 0 Å². The highest BCUT2D eigenvalue weighted by Gasteiger charge is 2.25. The third-order valence-electron chi connectivity index (χ3n) is 3.46. The zero-order valence-corrected chi connectivity index (χ0v) is 13.0. The molecule has 1 aliphatic rings. The van der Waals surface area contributed by atoms with E-state index in [0.717, 1.165) is 19.5 Å². The summed E-state index contributed by atoms with van der Waals surface area (Å²) in [6.45, 7) is 5.48. The molecule has 2 N–H and O–H groups in total. The first-order valence-electron chi connectivity index (χ1n) is 6.25. The van der Waals surface area contributed by atoms with Gasteiger partial charge < -0.3 is 10.6 Å². The minimum Gasteiger partial charge on any atom is -0.347 e. The highest BCUT2D eigenvalue weighted by Crippen LogP contribution is 2.28. The monoisotopic (exact) mass is 319 g/mol. The van der Waals surface area contributed by atoms with Crippen LogP contribution in [0.15, 0.2) is 6.07 Å². The van der Waals surface area contributed by atoms with Crippen molar-refractivity contribution in [3.63, 3.8) is 0 Å². The number of nitro groups is 1. The standard InChI is InChI=1S/C12H17N3O3S.ClH/c1-7-3-4-13-6-9(7)14-12(16)11-5-10(15(17)18)8(2)19-11;/h5,7,9,13H,3-4,6H2,1-2H3,(H,14,16);1H. The quantitative estimate of drug-likeness (QED) is 0.660. The SMILES string of the molecule is Cc1sc(C(=O)NC2CNCCC2C)cc1[N+](=O)[O-].Cl. The van der Waals surface area contributed by atoms with Crippen LogP contribution >= 0.6 is 23.7 Å². The minimum atomic E-state index is -0.451. The predicted molar refractivity (Wildman–Crippen MR) is 80.9 cm³/mol. The third kappa shape index (κ3) is 3.68. The van der Waals surface area contributed by atoms with Gasteiger partial charge in [-0.3, -0.25) is 14.9 Å². The van der Waals surface area contributed by atoms with Gasteiger partial charge in [-0.05, 0) is 25.8 Å². The number of rotatable bonds is 3. The third-order valence-corrected chi connectivity index (χ3v) is 4.49. The van der Waals surface area contributed by atoms with Gasteiger partial charge in [0.15, 0.2) is 0 Å². The summed E-state index contributed by atoms with van der Waals surface area (Å²) in [5.41, 5.74) is 0.0185. The van der Waals surface area contributed by atoms with E-state index in [0.29, 0.717) is 15.7 Å². The van der Waals surface area contributed by atoms with Gasteiger partial charge in [-0.2, -0.15) is 0 Å². The van der Waals surface area contributed by atoms with E-state index in [1.165, 1.54) is 17.4 Å². The molecule has 0 bridgehead atoms. The molecule has 2 rings (SSSR count). The van der Waals surface area contributed by atoms with E-state index in [1.807, 2.05) is 0 Å². The Bertz CT molecular complexity index is 506. The van der Waals surface area contributed by atoms with Crippen molar-refractivity contribution >= 4 is 35.3 Å². The fourth-order valence-corrected chi connectivity index (χ4v) is 3.08. The summed E-state index contributed by atoms with van der Waals surface area (Å²) in [6, 6.07) is 1.44. The van der Waals surface area contributed by atoms with Crippen LogP contribution in [0.5, 0.6) is 0 Å². The number of amides is 1. The molecule has 0 aromatic carbocycles. The molecular weight excluding hydrogens is 302 g/mol. The van der Waals surface area contributed by atoms with Crippen LogP contribution in [0.2, 0.25) is 0 Å². The summed E-state index contributed by atoms with van der Waals surface area (Å²) in [5, 5.41) is 17.0. The molecule has 0 radical (unpaired) electrons. The van der Waals surface area contributed by atoms with Crippen molar-refractivity contribution in [2.24, 2.45) is 5.92 Å². The fraction of sp³-hybridized carbons (Fsp3) is 0.583. The largest absolute Gasteiger partial charge is 0.347 e. The van der Waals surface area contributed by atoms with Crippen LogP contribution in [-0.2, 0) is 0 Å². The van der Waals surface area contributed by atoms with Gasteiger partial charge in [-0.15, -0.1) is 23.7 Å². The molecule has 1 saturated heterocycles. The second-order valence-electron chi connectivity index (χ2n) is 4.86. The van der Waals surface area contributed by atoms with Crippen molar-refractivity contribution in [1.82, 2.24) is 10.6 Å². The first-order chi connectivity index (χ1) is 8.99. The van der Waals surface area contributed by atoms with Crippen LogP contribution in [0.4, 0.5) is 5.69 Å². The molecule has 1 aliphatic heterocycles. The van der Waals surface area contributed by atoms with Crippen LogP contribution in [0, 0.1) is 23.0 Å². The predicted octanol–water partition coefficient (Wildman–Crippen LogP) is 2.11. The number of nitrogens with one attached hydrogen (secondary N) is 2. The Labute approximate surface area is 127 Å². The van der Waals surface area contributed by atoms with Crippen LogP contribution in [0.1, 0.15) is 27.9 Å². The van der Waals surface area contributed by atoms with Crippen molar-refractivity contribution in [3.8, 4) is 0 Å². The topological polar surface area (TPSA) is 84.3 Å². The van der Waals surface area contributed by atoms with Crippen molar-refractivity contribution in [2.75, 3.05) is 13.1 Å². The van der Waals surface area contributed by atoms with E-state index in [-0.39, 0.29) is 30.0 Å². The number of halogens is 1. The van der Waals surface area contributed by atoms with Crippen LogP contribution in [-0.4, -0.2) is 30.0 Å². The summed E-state index contributed by atoms with van der Waals surface area (Å²) < 4.78 is 0. The number of hydrogen-bond donors (Lipinski definition) is 2. The minimum absolute atomic E-state index is 0. The number of hydrogen-bond acceptors (Lipinski definition) is 5. The molecule has 112 valence electrons. The molecule has 20 heavy (non-hydrogen) atoms. The van der Waals surface area contributed by atoms with E-state index in [1.54, 1.807) is 6.92 Å². The highest BCUT2D eigenvalue weighted by atomic mass is 35.5. The van der Waals surface area contributed by atoms with Gasteiger partial charge in [0, 0.05) is 18.7 Å². The van der Waals surface area contributed by atoms with Gasteiger partial charge in [0.1, 0.15) is 0 Å². The smallest absolute Gasteiger partial charge is 0.283 e. The number of nitrogens with zero attached hydrogens (tertiary/aromatic N) is 1. The number of aryl methyl sites for hydroxylation is 1. The van der Waals surface area contributed by atoms with Crippen LogP contribution in [0.3, 0.4) is 0 Å². The average Bonchev–Trinajstić information content (AvgIpc) is 2.74. The first kappa shape index (κ1) is 16.9. The number of piperidine rings is 1. The number of carbonyl (C=O) groups is 1. The molecule has 1 aromatic heterocycles. The van der Waals surface area contributed by atoms with Gasteiger partial charge in [0.2, 0.25) is 0 Å². The van der Waals surface area contributed by atoms with Gasteiger partial charge in [0.05, 0.1) is 14.7 Å². The van der Waals surface area contributed by atoms with Crippen molar-refractivity contribution < 1.29 is 9.72 Å². The summed E-state index contributed by atoms with van der Waals surface area (Å²) in [5.74, 6) is 0.197. The summed E-state index contributed by atoms with van der Waals surface area (Å²) >= 11 is 1.17. The lowest BCUT2D eigenvalue weighted by molar-refractivity contribution is -0.385. The molecule has 1 fully saturated rings. The normalized spacial score (nSPS) is 21.9. The maximum absolute atomic E-state index is 12.1. The lowest BCUT2D eigenvalue weighted by Crippen LogP contribution is -2.50. The lowest BCUT2D eigenvalue weighted by atomic mass is 9.95. The Kier molecular flexibility index (Phi) is 5.91. The Morgan fingerprint density at radius 1 is 1.60 bits per heavy atom. The Morgan fingerprint density at radius 3 is 2.85 bits per heavy atom. The Balaban J connectivity index is 0.00000200. The second-order valence-corrected chi connectivity index (χ2v) is 6.12. The van der Waals surface area contributed by atoms with Crippen LogP contribution < -0.4 is 10.6 Å². The highest BCUT2D eigenvalue weighted by molar-refractivity contribution is 7.14. The maximum atomic E-state index is 12.1. The zero-order valence-electron chi connectivity index (χ0n) is 11.3. The molecule has 2 unspecified atom stereocenters. The Morgan fingerprint density at radius 2 is 2.30 bits per heavy atom. The molecule has 8 heteroatoms. The molecule has 6 nitrogen and oxygen atoms in total. The van der Waals surface area contributed by atoms with E-state index < -0.39 is 4.92 Å². The van der Waals surface area contributed by atoms with Crippen molar-refractivity contribution in [3.05, 3.63) is 25.9 Å². The number of thiophene rings is 1.